The first-order valence-corrected chi connectivity index (χ1v) is 7.78. The molecule has 1 aromatic carbocycles. The van der Waals surface area contributed by atoms with Crippen LogP contribution in [-0.4, -0.2) is 63.8 Å². The largest absolute Gasteiger partial charge is 0.394 e. The number of ether oxygens (including phenoxy) is 2. The van der Waals surface area contributed by atoms with E-state index in [-0.39, 0.29) is 30.0 Å². The summed E-state index contributed by atoms with van der Waals surface area (Å²) in [5, 5.41) is 27.5. The summed E-state index contributed by atoms with van der Waals surface area (Å²) < 4.78 is 39.9. The van der Waals surface area contributed by atoms with Gasteiger partial charge in [0.15, 0.2) is 11.6 Å². The molecular formula is C16H19F2N3O4. The Morgan fingerprint density at radius 1 is 1.36 bits per heavy atom. The van der Waals surface area contributed by atoms with Crippen molar-refractivity contribution < 1.29 is 28.5 Å². The molecule has 1 aromatic heterocycles. The van der Waals surface area contributed by atoms with Gasteiger partial charge in [-0.25, -0.2) is 13.5 Å². The molecule has 1 aliphatic heterocycles. The molecule has 9 heteroatoms. The third-order valence-electron chi connectivity index (χ3n) is 4.44. The van der Waals surface area contributed by atoms with Crippen LogP contribution in [0.1, 0.15) is 11.6 Å². The molecule has 0 amide bonds. The molecular weight excluding hydrogens is 336 g/mol. The Morgan fingerprint density at radius 3 is 2.80 bits per heavy atom. The van der Waals surface area contributed by atoms with Crippen molar-refractivity contribution in [2.24, 2.45) is 0 Å². The van der Waals surface area contributed by atoms with Crippen molar-refractivity contribution in [1.29, 1.82) is 0 Å². The zero-order valence-electron chi connectivity index (χ0n) is 13.8. The summed E-state index contributed by atoms with van der Waals surface area (Å²) >= 11 is 0. The summed E-state index contributed by atoms with van der Waals surface area (Å²) in [4.78, 5) is 0. The Bertz CT molecular complexity index is 755. The second-order valence-electron chi connectivity index (χ2n) is 5.95. The maximum Gasteiger partial charge on any atom is 0.168 e. The number of aliphatic hydroxyl groups is 2. The van der Waals surface area contributed by atoms with Crippen LogP contribution in [0, 0.1) is 18.6 Å². The van der Waals surface area contributed by atoms with E-state index in [0.29, 0.717) is 0 Å². The van der Waals surface area contributed by atoms with Crippen LogP contribution < -0.4 is 0 Å². The van der Waals surface area contributed by atoms with Crippen LogP contribution >= 0.6 is 0 Å². The van der Waals surface area contributed by atoms with Crippen LogP contribution in [0.4, 0.5) is 8.78 Å². The number of aliphatic hydroxyl groups excluding tert-OH is 2. The zero-order valence-corrected chi connectivity index (χ0v) is 13.8. The molecule has 25 heavy (non-hydrogen) atoms. The van der Waals surface area contributed by atoms with Crippen molar-refractivity contribution in [3.05, 3.63) is 35.5 Å². The average molecular weight is 355 g/mol. The van der Waals surface area contributed by atoms with Crippen molar-refractivity contribution in [3.8, 4) is 11.3 Å². The molecule has 2 heterocycles. The number of methoxy groups -OCH3 is 1. The summed E-state index contributed by atoms with van der Waals surface area (Å²) in [6.45, 7) is 1.25. The third-order valence-corrected chi connectivity index (χ3v) is 4.44. The number of aryl methyl sites for hydroxylation is 1. The van der Waals surface area contributed by atoms with Crippen LogP contribution in [0.2, 0.25) is 0 Å². The SMILES string of the molecule is COC1COC(CO)C(O)C1n1cc(-c2ccc(C)c(F)c2F)nn1. The Balaban J connectivity index is 1.96. The molecule has 4 unspecified atom stereocenters. The van der Waals surface area contributed by atoms with Crippen LogP contribution in [0.3, 0.4) is 0 Å². The predicted molar refractivity (Wildman–Crippen MR) is 82.8 cm³/mol. The molecule has 0 aliphatic carbocycles. The first-order chi connectivity index (χ1) is 12.0. The van der Waals surface area contributed by atoms with E-state index in [1.165, 1.54) is 37.0 Å². The van der Waals surface area contributed by atoms with E-state index >= 15 is 0 Å². The minimum atomic E-state index is -1.10. The molecule has 0 saturated carbocycles. The number of hydrogen-bond donors (Lipinski definition) is 2. The van der Waals surface area contributed by atoms with E-state index in [2.05, 4.69) is 10.3 Å². The lowest BCUT2D eigenvalue weighted by atomic mass is 9.97. The standard InChI is InChI=1S/C16H19F2N3O4/c1-8-3-4-9(14(18)13(8)17)10-5-21(20-19-10)15-12(24-2)7-25-11(6-22)16(15)23/h3-5,11-12,15-16,22-23H,6-7H2,1-2H3. The quantitative estimate of drug-likeness (QED) is 0.845. The third kappa shape index (κ3) is 3.15. The van der Waals surface area contributed by atoms with Crippen LogP contribution in [-0.2, 0) is 9.47 Å². The second-order valence-corrected chi connectivity index (χ2v) is 5.95. The lowest BCUT2D eigenvalue weighted by Gasteiger charge is -2.38. The van der Waals surface area contributed by atoms with Gasteiger partial charge in [-0.1, -0.05) is 11.3 Å². The summed E-state index contributed by atoms with van der Waals surface area (Å²) in [6, 6.07) is 2.19. The highest BCUT2D eigenvalue weighted by Crippen LogP contribution is 2.30. The van der Waals surface area contributed by atoms with E-state index in [1.54, 1.807) is 0 Å². The smallest absolute Gasteiger partial charge is 0.168 e. The van der Waals surface area contributed by atoms with Gasteiger partial charge in [-0.2, -0.15) is 0 Å². The highest BCUT2D eigenvalue weighted by atomic mass is 19.2. The number of aromatic nitrogens is 3. The summed E-state index contributed by atoms with van der Waals surface area (Å²) in [5.41, 5.74) is 0.299. The van der Waals surface area contributed by atoms with Crippen molar-refractivity contribution >= 4 is 0 Å². The normalized spacial score (nSPS) is 26.8. The molecule has 3 rings (SSSR count). The van der Waals surface area contributed by atoms with Gasteiger partial charge in [-0.3, -0.25) is 0 Å². The Labute approximate surface area is 142 Å². The number of nitrogens with zero attached hydrogens (tertiary/aromatic N) is 3. The molecule has 0 spiro atoms. The minimum absolute atomic E-state index is 0.0245. The van der Waals surface area contributed by atoms with E-state index < -0.39 is 36.0 Å². The van der Waals surface area contributed by atoms with Gasteiger partial charge in [0.2, 0.25) is 0 Å². The Hall–Kier alpha value is -1.94. The second kappa shape index (κ2) is 7.12. The molecule has 1 fully saturated rings. The molecule has 1 saturated heterocycles. The average Bonchev–Trinajstić information content (AvgIpc) is 3.08. The monoisotopic (exact) mass is 355 g/mol. The van der Waals surface area contributed by atoms with Gasteiger partial charge >= 0.3 is 0 Å². The Morgan fingerprint density at radius 2 is 2.12 bits per heavy atom. The maximum atomic E-state index is 14.2. The minimum Gasteiger partial charge on any atom is -0.394 e. The molecule has 2 aromatic rings. The fourth-order valence-corrected chi connectivity index (χ4v) is 2.94. The van der Waals surface area contributed by atoms with Gasteiger partial charge in [0.05, 0.1) is 19.4 Å². The van der Waals surface area contributed by atoms with Gasteiger partial charge < -0.3 is 19.7 Å². The highest BCUT2D eigenvalue weighted by Gasteiger charge is 2.41. The van der Waals surface area contributed by atoms with Gasteiger partial charge in [-0.05, 0) is 18.6 Å². The molecule has 2 N–H and O–H groups in total. The predicted octanol–water partition coefficient (Wildman–Crippen LogP) is 0.840. The fraction of sp³-hybridized carbons (Fsp3) is 0.500. The zero-order chi connectivity index (χ0) is 18.1. The summed E-state index contributed by atoms with van der Waals surface area (Å²) in [6.07, 6.45) is -1.02. The lowest BCUT2D eigenvalue weighted by molar-refractivity contribution is -0.174. The van der Waals surface area contributed by atoms with Gasteiger partial charge in [0, 0.05) is 12.7 Å². The molecule has 7 nitrogen and oxygen atoms in total. The fourth-order valence-electron chi connectivity index (χ4n) is 2.94. The summed E-state index contributed by atoms with van der Waals surface area (Å²) in [5.74, 6) is -1.94. The first kappa shape index (κ1) is 17.9. The van der Waals surface area contributed by atoms with Crippen molar-refractivity contribution in [3.63, 3.8) is 0 Å². The molecule has 136 valence electrons. The number of benzene rings is 1. The number of halogens is 2. The van der Waals surface area contributed by atoms with Gasteiger partial charge in [0.1, 0.15) is 30.0 Å². The maximum absolute atomic E-state index is 14.2. The molecule has 4 atom stereocenters. The number of rotatable bonds is 4. The molecule has 0 radical (unpaired) electrons. The van der Waals surface area contributed by atoms with E-state index in [4.69, 9.17) is 9.47 Å². The van der Waals surface area contributed by atoms with Gasteiger partial charge in [-0.15, -0.1) is 5.10 Å². The van der Waals surface area contributed by atoms with Crippen LogP contribution in [0.5, 0.6) is 0 Å². The van der Waals surface area contributed by atoms with Crippen molar-refractivity contribution in [1.82, 2.24) is 15.0 Å². The van der Waals surface area contributed by atoms with Gasteiger partial charge in [0.25, 0.3) is 0 Å². The molecule has 1 aliphatic rings. The van der Waals surface area contributed by atoms with Crippen LogP contribution in [0.25, 0.3) is 11.3 Å². The van der Waals surface area contributed by atoms with Crippen molar-refractivity contribution in [2.45, 2.75) is 31.3 Å². The van der Waals surface area contributed by atoms with E-state index in [0.717, 1.165) is 0 Å². The Kier molecular flexibility index (Phi) is 5.09. The topological polar surface area (TPSA) is 89.6 Å². The van der Waals surface area contributed by atoms with E-state index in [9.17, 15) is 19.0 Å². The molecule has 0 bridgehead atoms. The first-order valence-electron chi connectivity index (χ1n) is 7.78. The number of hydrogen-bond acceptors (Lipinski definition) is 6. The van der Waals surface area contributed by atoms with E-state index in [1.807, 2.05) is 0 Å². The van der Waals surface area contributed by atoms with Crippen LogP contribution in [0.15, 0.2) is 18.3 Å². The lowest BCUT2D eigenvalue weighted by Crippen LogP contribution is -2.52. The highest BCUT2D eigenvalue weighted by molar-refractivity contribution is 5.59. The summed E-state index contributed by atoms with van der Waals surface area (Å²) in [7, 11) is 1.46. The van der Waals surface area contributed by atoms with Crippen molar-refractivity contribution in [2.75, 3.05) is 20.3 Å².